The van der Waals surface area contributed by atoms with E-state index < -0.39 is 0 Å². The second kappa shape index (κ2) is 10.6. The van der Waals surface area contributed by atoms with Gasteiger partial charge in [0.2, 0.25) is 0 Å². The van der Waals surface area contributed by atoms with Crippen LogP contribution in [0.25, 0.3) is 0 Å². The van der Waals surface area contributed by atoms with E-state index in [4.69, 9.17) is 4.84 Å². The third-order valence-corrected chi connectivity index (χ3v) is 4.56. The molecule has 1 fully saturated rings. The van der Waals surface area contributed by atoms with Gasteiger partial charge in [-0.05, 0) is 33.6 Å². The molecule has 0 aliphatic carbocycles. The third-order valence-electron chi connectivity index (χ3n) is 4.56. The number of hydrogen-bond donors (Lipinski definition) is 0. The molecule has 1 aliphatic heterocycles. The first-order valence-electron chi connectivity index (χ1n) is 9.48. The zero-order valence-corrected chi connectivity index (χ0v) is 15.1. The van der Waals surface area contributed by atoms with Gasteiger partial charge in [0.05, 0.1) is 6.10 Å². The maximum Gasteiger partial charge on any atom is 0.0806 e. The van der Waals surface area contributed by atoms with Crippen molar-refractivity contribution in [2.75, 3.05) is 6.54 Å². The molecule has 2 heteroatoms. The van der Waals surface area contributed by atoms with Crippen molar-refractivity contribution in [3.8, 4) is 0 Å². The van der Waals surface area contributed by atoms with Gasteiger partial charge in [0.1, 0.15) is 0 Å². The van der Waals surface area contributed by atoms with Crippen LogP contribution in [0.4, 0.5) is 0 Å². The van der Waals surface area contributed by atoms with E-state index in [9.17, 15) is 0 Å². The highest BCUT2D eigenvalue weighted by molar-refractivity contribution is 4.76. The van der Waals surface area contributed by atoms with Crippen LogP contribution in [0.2, 0.25) is 0 Å². The monoisotopic (exact) mass is 297 g/mol. The predicted octanol–water partition coefficient (Wildman–Crippen LogP) is 6.10. The number of nitrogens with zero attached hydrogens (tertiary/aromatic N) is 1. The Hall–Kier alpha value is -0.0800. The SMILES string of the molecule is CCCCCCCCCCCCC1CCN(C(C)(C)C)O1. The van der Waals surface area contributed by atoms with Crippen LogP contribution in [0.5, 0.6) is 0 Å². The van der Waals surface area contributed by atoms with Crippen LogP contribution in [0, 0.1) is 0 Å². The number of hydrogen-bond acceptors (Lipinski definition) is 2. The van der Waals surface area contributed by atoms with Crippen molar-refractivity contribution in [1.82, 2.24) is 5.06 Å². The molecule has 1 heterocycles. The van der Waals surface area contributed by atoms with Gasteiger partial charge in [-0.3, -0.25) is 4.84 Å². The zero-order valence-electron chi connectivity index (χ0n) is 15.1. The Balaban J connectivity index is 1.87. The molecule has 0 saturated carbocycles. The number of rotatable bonds is 11. The molecule has 0 radical (unpaired) electrons. The van der Waals surface area contributed by atoms with Gasteiger partial charge in [0.25, 0.3) is 0 Å². The van der Waals surface area contributed by atoms with Crippen molar-refractivity contribution < 1.29 is 4.84 Å². The van der Waals surface area contributed by atoms with Gasteiger partial charge < -0.3 is 0 Å². The fourth-order valence-corrected chi connectivity index (χ4v) is 3.10. The molecular weight excluding hydrogens is 258 g/mol. The van der Waals surface area contributed by atoms with Gasteiger partial charge in [0.15, 0.2) is 0 Å². The summed E-state index contributed by atoms with van der Waals surface area (Å²) in [7, 11) is 0. The summed E-state index contributed by atoms with van der Waals surface area (Å²) in [4.78, 5) is 6.04. The molecule has 1 aliphatic rings. The first kappa shape index (κ1) is 19.0. The summed E-state index contributed by atoms with van der Waals surface area (Å²) in [6, 6.07) is 0. The minimum absolute atomic E-state index is 0.159. The molecule has 0 aromatic heterocycles. The quantitative estimate of drug-likeness (QED) is 0.427. The molecule has 0 N–H and O–H groups in total. The lowest BCUT2D eigenvalue weighted by Crippen LogP contribution is -2.38. The van der Waals surface area contributed by atoms with Gasteiger partial charge >= 0.3 is 0 Å². The van der Waals surface area contributed by atoms with Gasteiger partial charge in [-0.15, -0.1) is 0 Å². The zero-order chi connectivity index (χ0) is 15.6. The normalized spacial score (nSPS) is 20.3. The molecule has 126 valence electrons. The van der Waals surface area contributed by atoms with Crippen molar-refractivity contribution in [2.45, 2.75) is 116 Å². The topological polar surface area (TPSA) is 12.5 Å². The molecule has 0 aromatic carbocycles. The first-order chi connectivity index (χ1) is 10.0. The number of unbranched alkanes of at least 4 members (excludes halogenated alkanes) is 9. The maximum absolute atomic E-state index is 6.04. The predicted molar refractivity (Wildman–Crippen MR) is 92.4 cm³/mol. The molecule has 21 heavy (non-hydrogen) atoms. The van der Waals surface area contributed by atoms with Gasteiger partial charge in [-0.2, -0.15) is 5.06 Å². The van der Waals surface area contributed by atoms with Crippen molar-refractivity contribution >= 4 is 0 Å². The van der Waals surface area contributed by atoms with E-state index in [1.165, 1.54) is 77.0 Å². The Labute approximate surface area is 133 Å². The van der Waals surface area contributed by atoms with Crippen molar-refractivity contribution in [3.63, 3.8) is 0 Å². The van der Waals surface area contributed by atoms with Crippen LogP contribution in [0.15, 0.2) is 0 Å². The molecular formula is C19H39NO. The second-order valence-electron chi connectivity index (χ2n) is 7.76. The van der Waals surface area contributed by atoms with Crippen LogP contribution in [-0.4, -0.2) is 23.3 Å². The van der Waals surface area contributed by atoms with E-state index in [1.54, 1.807) is 0 Å². The molecule has 0 spiro atoms. The van der Waals surface area contributed by atoms with Gasteiger partial charge in [0, 0.05) is 12.1 Å². The molecule has 1 saturated heterocycles. The molecule has 0 amide bonds. The Kier molecular flexibility index (Phi) is 9.59. The highest BCUT2D eigenvalue weighted by atomic mass is 16.7. The molecule has 1 rings (SSSR count). The summed E-state index contributed by atoms with van der Waals surface area (Å²) >= 11 is 0. The Morgan fingerprint density at radius 3 is 1.86 bits per heavy atom. The first-order valence-corrected chi connectivity index (χ1v) is 9.48. The molecule has 1 atom stereocenters. The Morgan fingerprint density at radius 2 is 1.38 bits per heavy atom. The lowest BCUT2D eigenvalue weighted by molar-refractivity contribution is -0.195. The van der Waals surface area contributed by atoms with E-state index >= 15 is 0 Å². The molecule has 0 aromatic rings. The smallest absolute Gasteiger partial charge is 0.0806 e. The average Bonchev–Trinajstić information content (AvgIpc) is 2.90. The van der Waals surface area contributed by atoms with E-state index in [0.29, 0.717) is 6.10 Å². The second-order valence-corrected chi connectivity index (χ2v) is 7.76. The van der Waals surface area contributed by atoms with E-state index in [2.05, 4.69) is 32.8 Å². The minimum atomic E-state index is 0.159. The summed E-state index contributed by atoms with van der Waals surface area (Å²) < 4.78 is 0. The largest absolute Gasteiger partial charge is 0.295 e. The van der Waals surface area contributed by atoms with Gasteiger partial charge in [-0.25, -0.2) is 0 Å². The van der Waals surface area contributed by atoms with E-state index in [1.807, 2.05) is 0 Å². The van der Waals surface area contributed by atoms with Crippen LogP contribution >= 0.6 is 0 Å². The molecule has 1 unspecified atom stereocenters. The standard InChI is InChI=1S/C19H39NO/c1-5-6-7-8-9-10-11-12-13-14-15-18-16-17-20(21-18)19(2,3)4/h18H,5-17H2,1-4H3. The van der Waals surface area contributed by atoms with Crippen LogP contribution in [0.3, 0.4) is 0 Å². The average molecular weight is 298 g/mol. The lowest BCUT2D eigenvalue weighted by atomic mass is 10.0. The minimum Gasteiger partial charge on any atom is -0.295 e. The van der Waals surface area contributed by atoms with Gasteiger partial charge in [-0.1, -0.05) is 71.1 Å². The van der Waals surface area contributed by atoms with Crippen molar-refractivity contribution in [3.05, 3.63) is 0 Å². The maximum atomic E-state index is 6.04. The Bertz CT molecular complexity index is 246. The summed E-state index contributed by atoms with van der Waals surface area (Å²) in [5.74, 6) is 0. The van der Waals surface area contributed by atoms with E-state index in [0.717, 1.165) is 6.54 Å². The summed E-state index contributed by atoms with van der Waals surface area (Å²) in [5, 5.41) is 2.17. The fraction of sp³-hybridized carbons (Fsp3) is 1.00. The van der Waals surface area contributed by atoms with Crippen LogP contribution < -0.4 is 0 Å². The lowest BCUT2D eigenvalue weighted by Gasteiger charge is -2.30. The van der Waals surface area contributed by atoms with Crippen LogP contribution in [-0.2, 0) is 4.84 Å². The van der Waals surface area contributed by atoms with Crippen molar-refractivity contribution in [2.24, 2.45) is 0 Å². The molecule has 2 nitrogen and oxygen atoms in total. The van der Waals surface area contributed by atoms with Crippen molar-refractivity contribution in [1.29, 1.82) is 0 Å². The fourth-order valence-electron chi connectivity index (χ4n) is 3.10. The third kappa shape index (κ3) is 8.83. The Morgan fingerprint density at radius 1 is 0.857 bits per heavy atom. The number of hydroxylamine groups is 2. The highest BCUT2D eigenvalue weighted by Crippen LogP contribution is 2.26. The highest BCUT2D eigenvalue weighted by Gasteiger charge is 2.31. The van der Waals surface area contributed by atoms with Crippen LogP contribution in [0.1, 0.15) is 105 Å². The molecule has 0 bridgehead atoms. The summed E-state index contributed by atoms with van der Waals surface area (Å²) in [5.41, 5.74) is 0.159. The summed E-state index contributed by atoms with van der Waals surface area (Å²) in [6.45, 7) is 10.1. The summed E-state index contributed by atoms with van der Waals surface area (Å²) in [6.07, 6.45) is 17.1. The van der Waals surface area contributed by atoms with E-state index in [-0.39, 0.29) is 5.54 Å².